The summed E-state index contributed by atoms with van der Waals surface area (Å²) in [5.41, 5.74) is 2.23. The maximum Gasteiger partial charge on any atom is 0.305 e. The highest BCUT2D eigenvalue weighted by Gasteiger charge is 2.22. The third-order valence-corrected chi connectivity index (χ3v) is 3.41. The molecule has 0 atom stereocenters. The zero-order chi connectivity index (χ0) is 16.1. The molecule has 0 aliphatic rings. The molecule has 0 saturated heterocycles. The van der Waals surface area contributed by atoms with Gasteiger partial charge in [-0.05, 0) is 37.1 Å². The van der Waals surface area contributed by atoms with Gasteiger partial charge in [-0.15, -0.1) is 0 Å². The highest BCUT2D eigenvalue weighted by Crippen LogP contribution is 2.20. The lowest BCUT2D eigenvalue weighted by Gasteiger charge is -2.23. The van der Waals surface area contributed by atoms with Crippen LogP contribution < -0.4 is 4.90 Å². The average Bonchev–Trinajstić information content (AvgIpc) is 2.49. The Morgan fingerprint density at radius 3 is 2.41 bits per heavy atom. The number of amides is 1. The fraction of sp³-hybridized carbons (Fsp3) is 0.235. The summed E-state index contributed by atoms with van der Waals surface area (Å²) >= 11 is 0. The van der Waals surface area contributed by atoms with Crippen LogP contribution in [-0.2, 0) is 4.79 Å². The third-order valence-electron chi connectivity index (χ3n) is 3.41. The van der Waals surface area contributed by atoms with Crippen molar-refractivity contribution in [3.63, 3.8) is 0 Å². The number of hydrogen-bond acceptors (Lipinski definition) is 3. The lowest BCUT2D eigenvalue weighted by molar-refractivity contribution is -0.136. The number of benzene rings is 1. The molecule has 5 heteroatoms. The summed E-state index contributed by atoms with van der Waals surface area (Å²) in [5, 5.41) is 8.93. The Labute approximate surface area is 129 Å². The normalized spacial score (nSPS) is 10.3. The number of nitrogens with zero attached hydrogens (tertiary/aromatic N) is 2. The largest absolute Gasteiger partial charge is 0.481 e. The first kappa shape index (κ1) is 15.7. The fourth-order valence-corrected chi connectivity index (χ4v) is 2.23. The molecule has 0 fully saturated rings. The molecule has 1 amide bonds. The van der Waals surface area contributed by atoms with Gasteiger partial charge in [0.25, 0.3) is 5.91 Å². The topological polar surface area (TPSA) is 70.5 Å². The van der Waals surface area contributed by atoms with Gasteiger partial charge in [-0.1, -0.05) is 24.3 Å². The number of aryl methyl sites for hydroxylation is 2. The predicted octanol–water partition coefficient (Wildman–Crippen LogP) is 2.82. The lowest BCUT2D eigenvalue weighted by atomic mass is 10.1. The van der Waals surface area contributed by atoms with Crippen molar-refractivity contribution in [2.24, 2.45) is 0 Å². The van der Waals surface area contributed by atoms with Crippen LogP contribution in [0.15, 0.2) is 42.6 Å². The number of rotatable bonds is 5. The fourth-order valence-electron chi connectivity index (χ4n) is 2.23. The molecular weight excluding hydrogens is 280 g/mol. The van der Waals surface area contributed by atoms with Crippen LogP contribution in [0, 0.1) is 13.8 Å². The number of carboxylic acid groups (broad SMARTS) is 1. The summed E-state index contributed by atoms with van der Waals surface area (Å²) in [6.07, 6.45) is 1.47. The quantitative estimate of drug-likeness (QED) is 0.921. The Morgan fingerprint density at radius 2 is 1.77 bits per heavy atom. The molecule has 0 unspecified atom stereocenters. The maximum absolute atomic E-state index is 12.8. The van der Waals surface area contributed by atoms with Crippen LogP contribution in [0.3, 0.4) is 0 Å². The molecule has 0 bridgehead atoms. The molecule has 2 rings (SSSR count). The maximum atomic E-state index is 12.8. The van der Waals surface area contributed by atoms with Crippen LogP contribution >= 0.6 is 0 Å². The molecule has 0 aliphatic carbocycles. The van der Waals surface area contributed by atoms with Crippen LogP contribution in [0.4, 0.5) is 5.82 Å². The van der Waals surface area contributed by atoms with Crippen LogP contribution in [-0.4, -0.2) is 28.5 Å². The van der Waals surface area contributed by atoms with E-state index in [-0.39, 0.29) is 18.9 Å². The van der Waals surface area contributed by atoms with E-state index < -0.39 is 5.97 Å². The molecule has 22 heavy (non-hydrogen) atoms. The van der Waals surface area contributed by atoms with Crippen molar-refractivity contribution in [2.45, 2.75) is 20.3 Å². The summed E-state index contributed by atoms with van der Waals surface area (Å²) in [4.78, 5) is 29.4. The van der Waals surface area contributed by atoms with E-state index in [1.54, 1.807) is 24.4 Å². The van der Waals surface area contributed by atoms with Gasteiger partial charge < -0.3 is 5.11 Å². The number of anilines is 1. The van der Waals surface area contributed by atoms with E-state index in [1.807, 2.05) is 32.0 Å². The first-order valence-corrected chi connectivity index (χ1v) is 7.01. The van der Waals surface area contributed by atoms with Gasteiger partial charge in [0, 0.05) is 18.3 Å². The molecule has 1 heterocycles. The minimum Gasteiger partial charge on any atom is -0.481 e. The van der Waals surface area contributed by atoms with E-state index in [4.69, 9.17) is 5.11 Å². The molecule has 5 nitrogen and oxygen atoms in total. The molecule has 2 aromatic rings. The number of aromatic nitrogens is 1. The molecule has 1 aromatic carbocycles. The van der Waals surface area contributed by atoms with Crippen molar-refractivity contribution in [3.8, 4) is 0 Å². The van der Waals surface area contributed by atoms with Crippen molar-refractivity contribution in [3.05, 3.63) is 59.3 Å². The van der Waals surface area contributed by atoms with E-state index in [0.717, 1.165) is 11.1 Å². The van der Waals surface area contributed by atoms with Gasteiger partial charge in [-0.3, -0.25) is 14.5 Å². The van der Waals surface area contributed by atoms with Gasteiger partial charge in [0.05, 0.1) is 6.42 Å². The van der Waals surface area contributed by atoms with Gasteiger partial charge in [0.2, 0.25) is 0 Å². The van der Waals surface area contributed by atoms with Crippen molar-refractivity contribution in [1.82, 2.24) is 4.98 Å². The number of aliphatic carboxylic acids is 1. The minimum atomic E-state index is -0.948. The van der Waals surface area contributed by atoms with E-state index >= 15 is 0 Å². The number of carbonyl (C=O) groups is 2. The smallest absolute Gasteiger partial charge is 0.305 e. The van der Waals surface area contributed by atoms with Gasteiger partial charge in [-0.25, -0.2) is 4.98 Å². The third kappa shape index (κ3) is 3.49. The molecule has 0 radical (unpaired) electrons. The lowest BCUT2D eigenvalue weighted by Crippen LogP contribution is -2.34. The van der Waals surface area contributed by atoms with Gasteiger partial charge >= 0.3 is 5.97 Å². The Bertz CT molecular complexity index is 698. The number of pyridine rings is 1. The van der Waals surface area contributed by atoms with Crippen LogP contribution in [0.5, 0.6) is 0 Å². The first-order chi connectivity index (χ1) is 10.5. The first-order valence-electron chi connectivity index (χ1n) is 7.01. The average molecular weight is 298 g/mol. The molecule has 0 saturated carbocycles. The molecule has 1 aromatic heterocycles. The Kier molecular flexibility index (Phi) is 4.88. The minimum absolute atomic E-state index is 0.0837. The molecule has 0 spiro atoms. The van der Waals surface area contributed by atoms with Crippen molar-refractivity contribution >= 4 is 17.7 Å². The summed E-state index contributed by atoms with van der Waals surface area (Å²) in [7, 11) is 0. The van der Waals surface area contributed by atoms with Gasteiger partial charge in [0.1, 0.15) is 5.82 Å². The second-order valence-corrected chi connectivity index (χ2v) is 5.06. The van der Waals surface area contributed by atoms with Gasteiger partial charge in [0.15, 0.2) is 0 Å². The summed E-state index contributed by atoms with van der Waals surface area (Å²) in [6, 6.07) is 10.9. The monoisotopic (exact) mass is 298 g/mol. The molecular formula is C17H18N2O3. The molecule has 0 aliphatic heterocycles. The summed E-state index contributed by atoms with van der Waals surface area (Å²) < 4.78 is 0. The zero-order valence-corrected chi connectivity index (χ0v) is 12.6. The van der Waals surface area contributed by atoms with E-state index in [1.165, 1.54) is 4.90 Å². The summed E-state index contributed by atoms with van der Waals surface area (Å²) in [5.74, 6) is -0.686. The number of carbonyl (C=O) groups excluding carboxylic acids is 1. The van der Waals surface area contributed by atoms with Crippen LogP contribution in [0.1, 0.15) is 27.9 Å². The van der Waals surface area contributed by atoms with Crippen molar-refractivity contribution in [1.29, 1.82) is 0 Å². The predicted molar refractivity (Wildman–Crippen MR) is 84.1 cm³/mol. The second-order valence-electron chi connectivity index (χ2n) is 5.06. The number of carboxylic acids is 1. The highest BCUT2D eigenvalue weighted by atomic mass is 16.4. The SMILES string of the molecule is Cc1ccccc1C(=O)N(CCC(=O)O)c1ncccc1C. The van der Waals surface area contributed by atoms with Crippen molar-refractivity contribution < 1.29 is 14.7 Å². The number of hydrogen-bond donors (Lipinski definition) is 1. The Hall–Kier alpha value is -2.69. The summed E-state index contributed by atoms with van der Waals surface area (Å²) in [6.45, 7) is 3.79. The Balaban J connectivity index is 2.40. The van der Waals surface area contributed by atoms with Crippen LogP contribution in [0.25, 0.3) is 0 Å². The molecule has 114 valence electrons. The highest BCUT2D eigenvalue weighted by molar-refractivity contribution is 6.07. The van der Waals surface area contributed by atoms with Crippen molar-refractivity contribution in [2.75, 3.05) is 11.4 Å². The molecule has 1 N–H and O–H groups in total. The standard InChI is InChI=1S/C17H18N2O3/c1-12-6-3-4-8-14(12)17(22)19(11-9-15(20)21)16-13(2)7-5-10-18-16/h3-8,10H,9,11H2,1-2H3,(H,20,21). The Morgan fingerprint density at radius 1 is 1.09 bits per heavy atom. The van der Waals surface area contributed by atoms with E-state index in [2.05, 4.69) is 4.98 Å². The van der Waals surface area contributed by atoms with E-state index in [0.29, 0.717) is 11.4 Å². The van der Waals surface area contributed by atoms with Crippen LogP contribution in [0.2, 0.25) is 0 Å². The second kappa shape index (κ2) is 6.85. The van der Waals surface area contributed by atoms with E-state index in [9.17, 15) is 9.59 Å². The van der Waals surface area contributed by atoms with Gasteiger partial charge in [-0.2, -0.15) is 0 Å². The zero-order valence-electron chi connectivity index (χ0n) is 12.6.